The normalized spacial score (nSPS) is 36.6. The van der Waals surface area contributed by atoms with Crippen molar-refractivity contribution in [2.24, 2.45) is 28.6 Å². The summed E-state index contributed by atoms with van der Waals surface area (Å²) in [5.41, 5.74) is 0.998. The largest absolute Gasteiger partial charge is 0.497 e. The minimum atomic E-state index is -0.619. The molecule has 1 aromatic carbocycles. The minimum Gasteiger partial charge on any atom is -0.497 e. The van der Waals surface area contributed by atoms with Gasteiger partial charge in [-0.25, -0.2) is 0 Å². The Balaban J connectivity index is 1.44. The van der Waals surface area contributed by atoms with Crippen LogP contribution in [-0.4, -0.2) is 36.9 Å². The number of amides is 2. The molecular weight excluding hydrogens is 436 g/mol. The number of nitrogens with one attached hydrogen (secondary N) is 1. The number of nitrogens with zero attached hydrogens (tertiary/aromatic N) is 1. The molecule has 5 nitrogen and oxygen atoms in total. The van der Waals surface area contributed by atoms with Crippen LogP contribution in [0.25, 0.3) is 0 Å². The molecule has 1 unspecified atom stereocenters. The van der Waals surface area contributed by atoms with E-state index >= 15 is 0 Å². The summed E-state index contributed by atoms with van der Waals surface area (Å²) in [6, 6.07) is 7.90. The molecule has 0 bridgehead atoms. The number of carbonyl (C=O) groups excluding carboxylic acids is 2. The number of ether oxygens (including phenoxy) is 1. The zero-order valence-electron chi connectivity index (χ0n) is 22.3. The van der Waals surface area contributed by atoms with E-state index in [0.29, 0.717) is 22.8 Å². The predicted molar refractivity (Wildman–Crippen MR) is 138 cm³/mol. The van der Waals surface area contributed by atoms with Crippen LogP contribution in [0.5, 0.6) is 5.75 Å². The number of carbonyl (C=O) groups is 2. The first-order chi connectivity index (χ1) is 16.5. The van der Waals surface area contributed by atoms with E-state index in [1.807, 2.05) is 50.1 Å². The van der Waals surface area contributed by atoms with Gasteiger partial charge in [0.2, 0.25) is 0 Å². The molecule has 35 heavy (non-hydrogen) atoms. The fourth-order valence-corrected chi connectivity index (χ4v) is 8.48. The highest BCUT2D eigenvalue weighted by molar-refractivity contribution is 6.19. The summed E-state index contributed by atoms with van der Waals surface area (Å²) >= 11 is 0. The van der Waals surface area contributed by atoms with Crippen LogP contribution in [0, 0.1) is 28.6 Å². The van der Waals surface area contributed by atoms with Crippen molar-refractivity contribution in [3.05, 3.63) is 41.5 Å². The van der Waals surface area contributed by atoms with Gasteiger partial charge < -0.3 is 15.0 Å². The van der Waals surface area contributed by atoms with Crippen molar-refractivity contribution in [3.63, 3.8) is 0 Å². The van der Waals surface area contributed by atoms with Crippen molar-refractivity contribution < 1.29 is 14.3 Å². The molecule has 4 aliphatic rings. The standard InChI is InChI=1S/C30H42N2O3/c1-28(2,19-9-11-20(35-6)12-10-19)31-26(33)22-18-30(4)24-15-17-29(3)16-7-8-23(29)21(24)13-14-25(30)32(5)27(22)34/h9-12,18,21,23-25H,7-8,13-17H2,1-6H3,(H,31,33)/t21-,23-,24+,25?,29-,30+/m0/s1. The zero-order valence-corrected chi connectivity index (χ0v) is 22.3. The summed E-state index contributed by atoms with van der Waals surface area (Å²) < 4.78 is 5.27. The second-order valence-electron chi connectivity index (χ2n) is 12.7. The lowest BCUT2D eigenvalue weighted by molar-refractivity contribution is -0.142. The highest BCUT2D eigenvalue weighted by Crippen LogP contribution is 2.64. The third-order valence-corrected chi connectivity index (χ3v) is 10.5. The molecule has 1 heterocycles. The molecule has 0 saturated heterocycles. The van der Waals surface area contributed by atoms with Crippen molar-refractivity contribution in [2.45, 2.75) is 84.2 Å². The van der Waals surface area contributed by atoms with E-state index in [0.717, 1.165) is 23.7 Å². The first-order valence-electron chi connectivity index (χ1n) is 13.5. The summed E-state index contributed by atoms with van der Waals surface area (Å²) in [5, 5.41) is 3.16. The molecule has 2 amide bonds. The van der Waals surface area contributed by atoms with E-state index in [1.54, 1.807) is 7.11 Å². The second kappa shape index (κ2) is 8.38. The van der Waals surface area contributed by atoms with Gasteiger partial charge in [-0.2, -0.15) is 0 Å². The van der Waals surface area contributed by atoms with Crippen LogP contribution < -0.4 is 10.1 Å². The summed E-state index contributed by atoms with van der Waals surface area (Å²) in [6.45, 7) is 8.81. The number of methoxy groups -OCH3 is 1. The Morgan fingerprint density at radius 3 is 2.46 bits per heavy atom. The highest BCUT2D eigenvalue weighted by Gasteiger charge is 2.59. The van der Waals surface area contributed by atoms with Gasteiger partial charge in [0.05, 0.1) is 12.6 Å². The molecule has 3 saturated carbocycles. The number of hydrogen-bond donors (Lipinski definition) is 1. The van der Waals surface area contributed by atoms with Gasteiger partial charge in [-0.1, -0.05) is 38.5 Å². The topological polar surface area (TPSA) is 58.6 Å². The van der Waals surface area contributed by atoms with Crippen LogP contribution in [0.3, 0.4) is 0 Å². The average Bonchev–Trinajstić information content (AvgIpc) is 3.23. The molecule has 3 aliphatic carbocycles. The molecule has 0 spiro atoms. The number of fused-ring (bicyclic) bond motifs is 5. The van der Waals surface area contributed by atoms with Gasteiger partial charge in [0.25, 0.3) is 11.8 Å². The number of likely N-dealkylation sites (N-methyl/N-ethyl adjacent to an activating group) is 1. The first kappa shape index (κ1) is 24.4. The van der Waals surface area contributed by atoms with Gasteiger partial charge in [-0.3, -0.25) is 9.59 Å². The first-order valence-corrected chi connectivity index (χ1v) is 13.5. The fraction of sp³-hybridized carbons (Fsp3) is 0.667. The molecule has 6 atom stereocenters. The molecule has 1 aliphatic heterocycles. The predicted octanol–water partition coefficient (Wildman–Crippen LogP) is 5.45. The van der Waals surface area contributed by atoms with E-state index in [2.05, 4.69) is 25.2 Å². The lowest BCUT2D eigenvalue weighted by Gasteiger charge is -2.60. The Hall–Kier alpha value is -2.30. The van der Waals surface area contributed by atoms with Gasteiger partial charge in [0, 0.05) is 18.5 Å². The Bertz CT molecular complexity index is 1040. The van der Waals surface area contributed by atoms with Gasteiger partial charge in [-0.05, 0) is 93.2 Å². The Morgan fingerprint density at radius 2 is 1.77 bits per heavy atom. The Labute approximate surface area is 210 Å². The lowest BCUT2D eigenvalue weighted by atomic mass is 9.48. The molecule has 1 aromatic rings. The molecule has 0 aromatic heterocycles. The van der Waals surface area contributed by atoms with Crippen LogP contribution in [0.1, 0.15) is 78.2 Å². The maximum atomic E-state index is 13.6. The van der Waals surface area contributed by atoms with Crippen molar-refractivity contribution >= 4 is 11.8 Å². The van der Waals surface area contributed by atoms with Crippen LogP contribution in [-0.2, 0) is 15.1 Å². The Morgan fingerprint density at radius 1 is 1.06 bits per heavy atom. The van der Waals surface area contributed by atoms with Crippen LogP contribution >= 0.6 is 0 Å². The quantitative estimate of drug-likeness (QED) is 0.586. The van der Waals surface area contributed by atoms with Crippen molar-refractivity contribution in [3.8, 4) is 5.75 Å². The highest BCUT2D eigenvalue weighted by atomic mass is 16.5. The van der Waals surface area contributed by atoms with Crippen molar-refractivity contribution in [2.75, 3.05) is 14.2 Å². The summed E-state index contributed by atoms with van der Waals surface area (Å²) in [6.07, 6.45) is 10.9. The molecule has 0 radical (unpaired) electrons. The third-order valence-electron chi connectivity index (χ3n) is 10.5. The summed E-state index contributed by atoms with van der Waals surface area (Å²) in [7, 11) is 3.55. The molecule has 5 heteroatoms. The molecular formula is C30H42N2O3. The van der Waals surface area contributed by atoms with Crippen molar-refractivity contribution in [1.29, 1.82) is 0 Å². The SMILES string of the molecule is COc1ccc(C(C)(C)NC(=O)C2=C[C@@]3(C)C(CC[C@@H]4[C@H]3CC[C@]3(C)CCC[C@@H]43)N(C)C2=O)cc1. The second-order valence-corrected chi connectivity index (χ2v) is 12.7. The third kappa shape index (κ3) is 3.81. The van der Waals surface area contributed by atoms with Crippen molar-refractivity contribution in [1.82, 2.24) is 10.2 Å². The summed E-state index contributed by atoms with van der Waals surface area (Å²) in [5.74, 6) is 2.39. The van der Waals surface area contributed by atoms with E-state index in [1.165, 1.54) is 38.5 Å². The van der Waals surface area contributed by atoms with E-state index < -0.39 is 5.54 Å². The molecule has 5 rings (SSSR count). The van der Waals surface area contributed by atoms with Gasteiger partial charge in [-0.15, -0.1) is 0 Å². The number of benzene rings is 1. The fourth-order valence-electron chi connectivity index (χ4n) is 8.48. The number of hydrogen-bond acceptors (Lipinski definition) is 3. The Kier molecular flexibility index (Phi) is 5.84. The number of rotatable bonds is 4. The zero-order chi connectivity index (χ0) is 25.2. The van der Waals surface area contributed by atoms with E-state index in [4.69, 9.17) is 4.74 Å². The van der Waals surface area contributed by atoms with Gasteiger partial charge >= 0.3 is 0 Å². The van der Waals surface area contributed by atoms with Gasteiger partial charge in [0.15, 0.2) is 0 Å². The average molecular weight is 479 g/mol. The molecule has 1 N–H and O–H groups in total. The van der Waals surface area contributed by atoms with E-state index in [9.17, 15) is 9.59 Å². The summed E-state index contributed by atoms with van der Waals surface area (Å²) in [4.78, 5) is 29.0. The minimum absolute atomic E-state index is 0.143. The van der Waals surface area contributed by atoms with Crippen LogP contribution in [0.2, 0.25) is 0 Å². The molecule has 190 valence electrons. The smallest absolute Gasteiger partial charge is 0.259 e. The van der Waals surface area contributed by atoms with Gasteiger partial charge in [0.1, 0.15) is 11.3 Å². The molecule has 3 fully saturated rings. The maximum absolute atomic E-state index is 13.6. The lowest BCUT2D eigenvalue weighted by Crippen LogP contribution is -2.61. The monoisotopic (exact) mass is 478 g/mol. The maximum Gasteiger partial charge on any atom is 0.259 e. The van der Waals surface area contributed by atoms with Crippen LogP contribution in [0.15, 0.2) is 35.9 Å². The van der Waals surface area contributed by atoms with E-state index in [-0.39, 0.29) is 23.3 Å². The van der Waals surface area contributed by atoms with Crippen LogP contribution in [0.4, 0.5) is 0 Å².